The van der Waals surface area contributed by atoms with Gasteiger partial charge in [-0.1, -0.05) is 17.7 Å². The second-order valence-electron chi connectivity index (χ2n) is 10.3. The minimum absolute atomic E-state index is 0.143. The van der Waals surface area contributed by atoms with Gasteiger partial charge in [0.2, 0.25) is 0 Å². The Balaban J connectivity index is 0.000000225. The third kappa shape index (κ3) is 8.36. The number of nitrogens with zero attached hydrogens (tertiary/aromatic N) is 4. The van der Waals surface area contributed by atoms with Crippen LogP contribution in [0.3, 0.4) is 0 Å². The average Bonchev–Trinajstić information content (AvgIpc) is 3.32. The summed E-state index contributed by atoms with van der Waals surface area (Å²) >= 11 is 0. The summed E-state index contributed by atoms with van der Waals surface area (Å²) in [6, 6.07) is 12.3. The molecule has 5 rings (SSSR count). The van der Waals surface area contributed by atoms with Crippen LogP contribution in [0.5, 0.6) is 0 Å². The summed E-state index contributed by atoms with van der Waals surface area (Å²) < 4.78 is 40.0. The number of carbonyl (C=O) groups excluding carboxylic acids is 1. The molecule has 0 aliphatic carbocycles. The van der Waals surface area contributed by atoms with E-state index in [4.69, 9.17) is 11.6 Å². The van der Waals surface area contributed by atoms with Crippen molar-refractivity contribution in [2.24, 2.45) is 11.6 Å². The Morgan fingerprint density at radius 1 is 1.05 bits per heavy atom. The van der Waals surface area contributed by atoms with E-state index in [1.807, 2.05) is 18.9 Å². The van der Waals surface area contributed by atoms with Crippen LogP contribution in [0, 0.1) is 6.92 Å². The summed E-state index contributed by atoms with van der Waals surface area (Å²) in [6.07, 6.45) is -1.35. The number of amides is 1. The van der Waals surface area contributed by atoms with Crippen molar-refractivity contribution >= 4 is 34.1 Å². The normalized spacial score (nSPS) is 14.3. The maximum Gasteiger partial charge on any atom is 0.416 e. The van der Waals surface area contributed by atoms with Crippen molar-refractivity contribution in [1.29, 1.82) is 0 Å². The number of aryl methyl sites for hydroxylation is 1. The van der Waals surface area contributed by atoms with Crippen molar-refractivity contribution in [3.63, 3.8) is 0 Å². The highest BCUT2D eigenvalue weighted by Gasteiger charge is 2.32. The molecule has 14 heteroatoms. The molecule has 2 aromatic carbocycles. The summed E-state index contributed by atoms with van der Waals surface area (Å²) in [5.41, 5.74) is 9.03. The molecule has 3 heterocycles. The van der Waals surface area contributed by atoms with E-state index in [0.717, 1.165) is 30.8 Å². The van der Waals surface area contributed by atoms with Crippen LogP contribution >= 0.6 is 0 Å². The largest absolute Gasteiger partial charge is 0.416 e. The monoisotopic (exact) mass is 597 g/mol. The first kappa shape index (κ1) is 31.1. The van der Waals surface area contributed by atoms with Crippen LogP contribution in [0.15, 0.2) is 65.7 Å². The van der Waals surface area contributed by atoms with Gasteiger partial charge in [-0.2, -0.15) is 13.2 Å². The SMILES string of the molecule is CN(N)/C=C(\N)c1cnc2[nH]c(=O)[nH]c2c1.Cc1ccc(C(=O)Nc2cc(N3CCN(C)CC3)cc(C(F)(F)F)c2)cc1. The van der Waals surface area contributed by atoms with Crippen molar-refractivity contribution in [2.45, 2.75) is 13.1 Å². The Morgan fingerprint density at radius 2 is 1.72 bits per heavy atom. The number of benzene rings is 2. The molecule has 1 aliphatic heterocycles. The molecule has 4 aromatic rings. The summed E-state index contributed by atoms with van der Waals surface area (Å²) in [5.74, 6) is 5.01. The molecule has 2 aromatic heterocycles. The number of pyridine rings is 1. The molecule has 0 bridgehead atoms. The fourth-order valence-electron chi connectivity index (χ4n) is 4.37. The summed E-state index contributed by atoms with van der Waals surface area (Å²) in [4.78, 5) is 36.7. The summed E-state index contributed by atoms with van der Waals surface area (Å²) in [7, 11) is 3.65. The lowest BCUT2D eigenvalue weighted by Gasteiger charge is -2.34. The third-order valence-corrected chi connectivity index (χ3v) is 6.73. The Bertz CT molecular complexity index is 1650. The number of aromatic amines is 2. The van der Waals surface area contributed by atoms with Crippen LogP contribution in [0.1, 0.15) is 27.0 Å². The number of nitrogens with two attached hydrogens (primary N) is 2. The third-order valence-electron chi connectivity index (χ3n) is 6.73. The van der Waals surface area contributed by atoms with E-state index in [9.17, 15) is 22.8 Å². The van der Waals surface area contributed by atoms with E-state index in [-0.39, 0.29) is 11.4 Å². The van der Waals surface area contributed by atoms with Gasteiger partial charge in [0.25, 0.3) is 5.91 Å². The maximum absolute atomic E-state index is 13.3. The number of alkyl halides is 3. The second-order valence-corrected chi connectivity index (χ2v) is 10.3. The highest BCUT2D eigenvalue weighted by atomic mass is 19.4. The average molecular weight is 598 g/mol. The number of piperazine rings is 1. The quantitative estimate of drug-likeness (QED) is 0.174. The molecule has 43 heavy (non-hydrogen) atoms. The molecule has 228 valence electrons. The lowest BCUT2D eigenvalue weighted by Crippen LogP contribution is -2.44. The topological polar surface area (TPSA) is 152 Å². The predicted octanol–water partition coefficient (Wildman–Crippen LogP) is 3.33. The molecule has 0 atom stereocenters. The first-order chi connectivity index (χ1) is 20.3. The van der Waals surface area contributed by atoms with Gasteiger partial charge in [0.1, 0.15) is 0 Å². The summed E-state index contributed by atoms with van der Waals surface area (Å²) in [6.45, 7) is 4.74. The van der Waals surface area contributed by atoms with Crippen LogP contribution in [0.2, 0.25) is 0 Å². The molecule has 0 radical (unpaired) electrons. The number of halogens is 3. The molecule has 1 amide bonds. The number of rotatable bonds is 5. The van der Waals surface area contributed by atoms with E-state index in [0.29, 0.717) is 46.8 Å². The van der Waals surface area contributed by atoms with Crippen LogP contribution < -0.4 is 27.5 Å². The van der Waals surface area contributed by atoms with Crippen molar-refractivity contribution in [2.75, 3.05) is 50.5 Å². The minimum Gasteiger partial charge on any atom is -0.397 e. The number of hydrogen-bond donors (Lipinski definition) is 5. The van der Waals surface area contributed by atoms with Crippen LogP contribution in [0.25, 0.3) is 16.9 Å². The van der Waals surface area contributed by atoms with Crippen LogP contribution in [0.4, 0.5) is 24.5 Å². The molecule has 1 saturated heterocycles. The Labute approximate surface area is 245 Å². The summed E-state index contributed by atoms with van der Waals surface area (Å²) in [5, 5.41) is 3.95. The lowest BCUT2D eigenvalue weighted by molar-refractivity contribution is -0.137. The minimum atomic E-state index is -4.48. The zero-order chi connectivity index (χ0) is 31.3. The van der Waals surface area contributed by atoms with E-state index in [1.54, 1.807) is 55.8 Å². The van der Waals surface area contributed by atoms with Gasteiger partial charge in [0.05, 0.1) is 16.8 Å². The van der Waals surface area contributed by atoms with Gasteiger partial charge in [-0.3, -0.25) is 9.78 Å². The number of hydrazine groups is 1. The van der Waals surface area contributed by atoms with Crippen LogP contribution in [-0.4, -0.2) is 71.0 Å². The number of H-pyrrole nitrogens is 2. The lowest BCUT2D eigenvalue weighted by atomic mass is 10.1. The predicted molar refractivity (Wildman–Crippen MR) is 161 cm³/mol. The number of carbonyl (C=O) groups is 1. The van der Waals surface area contributed by atoms with Gasteiger partial charge < -0.3 is 30.8 Å². The maximum atomic E-state index is 13.3. The smallest absolute Gasteiger partial charge is 0.397 e. The second kappa shape index (κ2) is 13.0. The first-order valence-electron chi connectivity index (χ1n) is 13.4. The highest BCUT2D eigenvalue weighted by molar-refractivity contribution is 6.04. The van der Waals surface area contributed by atoms with Crippen LogP contribution in [-0.2, 0) is 6.18 Å². The first-order valence-corrected chi connectivity index (χ1v) is 13.4. The van der Waals surface area contributed by atoms with Crippen molar-refractivity contribution in [3.05, 3.63) is 93.7 Å². The van der Waals surface area contributed by atoms with Crippen molar-refractivity contribution in [1.82, 2.24) is 24.9 Å². The Morgan fingerprint density at radius 3 is 2.35 bits per heavy atom. The number of imidazole rings is 1. The number of aromatic nitrogens is 3. The molecule has 1 aliphatic rings. The van der Waals surface area contributed by atoms with E-state index in [1.165, 1.54) is 5.01 Å². The van der Waals surface area contributed by atoms with Gasteiger partial charge in [-0.05, 0) is 50.4 Å². The molecule has 11 nitrogen and oxygen atoms in total. The van der Waals surface area contributed by atoms with E-state index in [2.05, 4.69) is 25.2 Å². The molecule has 0 spiro atoms. The molecule has 1 fully saturated rings. The zero-order valence-electron chi connectivity index (χ0n) is 24.0. The molecular formula is C29H34F3N9O2. The fourth-order valence-corrected chi connectivity index (χ4v) is 4.37. The van der Waals surface area contributed by atoms with E-state index >= 15 is 0 Å². The van der Waals surface area contributed by atoms with Gasteiger partial charge in [0, 0.05) is 68.1 Å². The fraction of sp³-hybridized carbons (Fsp3) is 0.276. The molecule has 7 N–H and O–H groups in total. The molecule has 0 unspecified atom stereocenters. The number of nitrogens with one attached hydrogen (secondary N) is 3. The Hall–Kier alpha value is -4.82. The van der Waals surface area contributed by atoms with Gasteiger partial charge in [0.15, 0.2) is 5.65 Å². The number of hydrogen-bond acceptors (Lipinski definition) is 8. The van der Waals surface area contributed by atoms with Gasteiger partial charge in [-0.15, -0.1) is 0 Å². The van der Waals surface area contributed by atoms with Gasteiger partial charge >= 0.3 is 11.9 Å². The number of fused-ring (bicyclic) bond motifs is 1. The molecular weight excluding hydrogens is 563 g/mol. The molecule has 0 saturated carbocycles. The zero-order valence-corrected chi connectivity index (χ0v) is 24.0. The Kier molecular flexibility index (Phi) is 9.41. The highest BCUT2D eigenvalue weighted by Crippen LogP contribution is 2.35. The van der Waals surface area contributed by atoms with Crippen molar-refractivity contribution < 1.29 is 18.0 Å². The number of likely N-dealkylation sites (N-methyl/N-ethyl adjacent to an activating group) is 1. The van der Waals surface area contributed by atoms with Crippen molar-refractivity contribution in [3.8, 4) is 0 Å². The standard InChI is InChI=1S/C20H22F3N3O.C9H12N6O/c1-14-3-5-15(6-4-14)19(27)24-17-11-16(20(21,22)23)12-18(13-17)26-9-7-25(2)8-10-26;1-15(11)4-6(10)5-2-7-8(12-3-5)14-9(16)13-7/h3-6,11-13H,7-10H2,1-2H3,(H,24,27);2-4H,10-11H2,1H3,(H2,12,13,14,16)/b;6-4-. The number of anilines is 2. The van der Waals surface area contributed by atoms with Gasteiger partial charge in [-0.25, -0.2) is 15.6 Å². The van der Waals surface area contributed by atoms with E-state index < -0.39 is 17.6 Å².